The van der Waals surface area contributed by atoms with Gasteiger partial charge in [0.15, 0.2) is 0 Å². The van der Waals surface area contributed by atoms with Gasteiger partial charge in [0.2, 0.25) is 5.91 Å². The number of hydrogen-bond donors (Lipinski definition) is 0. The van der Waals surface area contributed by atoms with E-state index >= 15 is 0 Å². The molecule has 3 heterocycles. The van der Waals surface area contributed by atoms with Gasteiger partial charge in [-0.15, -0.1) is 11.3 Å². The van der Waals surface area contributed by atoms with Crippen molar-refractivity contribution < 1.29 is 4.79 Å². The van der Waals surface area contributed by atoms with Crippen LogP contribution in [0.3, 0.4) is 0 Å². The topological polar surface area (TPSA) is 36.4 Å². The fourth-order valence-corrected chi connectivity index (χ4v) is 4.47. The minimum atomic E-state index is -0.301. The second kappa shape index (κ2) is 5.18. The molecule has 1 fully saturated rings. The summed E-state index contributed by atoms with van der Waals surface area (Å²) in [5.41, 5.74) is 2.00. The number of amides is 1. The van der Waals surface area contributed by atoms with Gasteiger partial charge in [-0.25, -0.2) is 4.98 Å². The molecule has 114 valence electrons. The van der Waals surface area contributed by atoms with Gasteiger partial charge in [-0.2, -0.15) is 0 Å². The molecule has 1 spiro atoms. The van der Waals surface area contributed by atoms with Crippen LogP contribution in [-0.2, 0) is 16.8 Å². The van der Waals surface area contributed by atoms with Crippen molar-refractivity contribution in [1.82, 2.24) is 9.88 Å². The van der Waals surface area contributed by atoms with E-state index in [0.717, 1.165) is 43.2 Å². The Hall–Kier alpha value is -1.72. The second-order valence-electron chi connectivity index (χ2n) is 6.17. The Morgan fingerprint density at radius 3 is 2.77 bits per heavy atom. The van der Waals surface area contributed by atoms with Crippen molar-refractivity contribution in [2.75, 3.05) is 25.0 Å². The van der Waals surface area contributed by atoms with Crippen LogP contribution in [0.2, 0.25) is 0 Å². The Morgan fingerprint density at radius 2 is 2.05 bits per heavy atom. The van der Waals surface area contributed by atoms with Gasteiger partial charge in [-0.1, -0.05) is 18.2 Å². The first-order valence-corrected chi connectivity index (χ1v) is 8.57. The van der Waals surface area contributed by atoms with Gasteiger partial charge in [-0.3, -0.25) is 9.69 Å². The van der Waals surface area contributed by atoms with Crippen molar-refractivity contribution in [3.63, 3.8) is 0 Å². The largest absolute Gasteiger partial charge is 0.314 e. The van der Waals surface area contributed by atoms with Crippen LogP contribution in [0.25, 0.3) is 0 Å². The standard InChI is InChI=1S/C17H19N3OS/c1-19-14-5-3-2-4-13(14)17(16(19)21)6-9-20(10-7-17)12-15-18-8-11-22-15/h2-5,8,11H,6-7,9-10,12H2,1H3. The molecule has 5 heteroatoms. The van der Waals surface area contributed by atoms with Crippen molar-refractivity contribution in [2.24, 2.45) is 0 Å². The monoisotopic (exact) mass is 313 g/mol. The number of anilines is 1. The van der Waals surface area contributed by atoms with Crippen LogP contribution in [0.5, 0.6) is 0 Å². The predicted molar refractivity (Wildman–Crippen MR) is 88.2 cm³/mol. The van der Waals surface area contributed by atoms with E-state index in [1.807, 2.05) is 29.6 Å². The van der Waals surface area contributed by atoms with Crippen LogP contribution >= 0.6 is 11.3 Å². The lowest BCUT2D eigenvalue weighted by molar-refractivity contribution is -0.124. The number of carbonyl (C=O) groups excluding carboxylic acids is 1. The SMILES string of the molecule is CN1C(=O)C2(CCN(Cc3nccs3)CC2)c2ccccc21. The van der Waals surface area contributed by atoms with E-state index < -0.39 is 0 Å². The Kier molecular flexibility index (Phi) is 3.27. The summed E-state index contributed by atoms with van der Waals surface area (Å²) in [6, 6.07) is 8.26. The molecule has 0 radical (unpaired) electrons. The summed E-state index contributed by atoms with van der Waals surface area (Å²) in [5.74, 6) is 0.266. The van der Waals surface area contributed by atoms with Crippen molar-refractivity contribution in [1.29, 1.82) is 0 Å². The van der Waals surface area contributed by atoms with Crippen molar-refractivity contribution in [2.45, 2.75) is 24.8 Å². The first kappa shape index (κ1) is 13.9. The molecule has 4 rings (SSSR count). The van der Waals surface area contributed by atoms with E-state index in [2.05, 4.69) is 28.1 Å². The molecule has 0 unspecified atom stereocenters. The highest BCUT2D eigenvalue weighted by atomic mass is 32.1. The summed E-state index contributed by atoms with van der Waals surface area (Å²) in [6.45, 7) is 2.81. The average molecular weight is 313 g/mol. The van der Waals surface area contributed by atoms with E-state index in [4.69, 9.17) is 0 Å². The zero-order chi connectivity index (χ0) is 15.2. The molecule has 1 saturated heterocycles. The number of carbonyl (C=O) groups is 1. The van der Waals surface area contributed by atoms with E-state index in [-0.39, 0.29) is 11.3 Å². The number of likely N-dealkylation sites (tertiary alicyclic amines) is 1. The fourth-order valence-electron chi connectivity index (χ4n) is 3.81. The smallest absolute Gasteiger partial charge is 0.237 e. The highest BCUT2D eigenvalue weighted by Gasteiger charge is 2.50. The molecule has 2 aromatic rings. The zero-order valence-electron chi connectivity index (χ0n) is 12.7. The van der Waals surface area contributed by atoms with Gasteiger partial charge >= 0.3 is 0 Å². The Bertz CT molecular complexity index is 690. The first-order chi connectivity index (χ1) is 10.7. The molecule has 22 heavy (non-hydrogen) atoms. The van der Waals surface area contributed by atoms with Gasteiger partial charge in [0.1, 0.15) is 5.01 Å². The first-order valence-electron chi connectivity index (χ1n) is 7.69. The van der Waals surface area contributed by atoms with Gasteiger partial charge < -0.3 is 4.90 Å². The van der Waals surface area contributed by atoms with Gasteiger partial charge in [0.05, 0.1) is 12.0 Å². The average Bonchev–Trinajstić information content (AvgIpc) is 3.13. The van der Waals surface area contributed by atoms with Crippen LogP contribution in [0, 0.1) is 0 Å². The maximum absolute atomic E-state index is 12.9. The quantitative estimate of drug-likeness (QED) is 0.855. The van der Waals surface area contributed by atoms with Gasteiger partial charge in [0, 0.05) is 24.3 Å². The van der Waals surface area contributed by atoms with Crippen LogP contribution < -0.4 is 4.90 Å². The van der Waals surface area contributed by atoms with Crippen LogP contribution in [0.4, 0.5) is 5.69 Å². The number of rotatable bonds is 2. The number of likely N-dealkylation sites (N-methyl/N-ethyl adjacent to an activating group) is 1. The number of para-hydroxylation sites is 1. The third-order valence-corrected chi connectivity index (χ3v) is 5.81. The summed E-state index contributed by atoms with van der Waals surface area (Å²) in [7, 11) is 1.90. The summed E-state index contributed by atoms with van der Waals surface area (Å²) in [6.07, 6.45) is 3.66. The van der Waals surface area contributed by atoms with Crippen LogP contribution in [0.1, 0.15) is 23.4 Å². The van der Waals surface area contributed by atoms with Crippen molar-refractivity contribution in [3.05, 3.63) is 46.4 Å². The second-order valence-corrected chi connectivity index (χ2v) is 7.14. The zero-order valence-corrected chi connectivity index (χ0v) is 13.5. The molecule has 0 bridgehead atoms. The number of nitrogens with zero attached hydrogens (tertiary/aromatic N) is 3. The molecule has 2 aliphatic rings. The fraction of sp³-hybridized carbons (Fsp3) is 0.412. The third kappa shape index (κ3) is 2.00. The molecule has 1 aromatic carbocycles. The lowest BCUT2D eigenvalue weighted by Crippen LogP contribution is -2.47. The molecule has 0 saturated carbocycles. The van der Waals surface area contributed by atoms with Gasteiger partial charge in [0.25, 0.3) is 0 Å². The number of piperidine rings is 1. The molecule has 4 nitrogen and oxygen atoms in total. The minimum Gasteiger partial charge on any atom is -0.314 e. The lowest BCUT2D eigenvalue weighted by Gasteiger charge is -2.38. The molecule has 0 N–H and O–H groups in total. The predicted octanol–water partition coefficient (Wildman–Crippen LogP) is 2.65. The molecule has 0 aliphatic carbocycles. The normalized spacial score (nSPS) is 20.6. The van der Waals surface area contributed by atoms with E-state index in [0.29, 0.717) is 0 Å². The number of fused-ring (bicyclic) bond motifs is 2. The molecule has 1 aromatic heterocycles. The number of aromatic nitrogens is 1. The Balaban J connectivity index is 1.56. The maximum atomic E-state index is 12.9. The number of benzene rings is 1. The van der Waals surface area contributed by atoms with Crippen molar-refractivity contribution >= 4 is 22.9 Å². The lowest BCUT2D eigenvalue weighted by atomic mass is 9.73. The molecule has 2 aliphatic heterocycles. The Labute approximate surface area is 134 Å². The molecule has 1 amide bonds. The number of thiazole rings is 1. The van der Waals surface area contributed by atoms with Gasteiger partial charge in [-0.05, 0) is 37.6 Å². The minimum absolute atomic E-state index is 0.266. The van der Waals surface area contributed by atoms with E-state index in [1.165, 1.54) is 5.56 Å². The molecular formula is C17H19N3OS. The third-order valence-electron chi connectivity index (χ3n) is 5.05. The van der Waals surface area contributed by atoms with E-state index in [9.17, 15) is 4.79 Å². The molecular weight excluding hydrogens is 294 g/mol. The number of hydrogen-bond acceptors (Lipinski definition) is 4. The Morgan fingerprint density at radius 1 is 1.27 bits per heavy atom. The maximum Gasteiger partial charge on any atom is 0.237 e. The van der Waals surface area contributed by atoms with Crippen molar-refractivity contribution in [3.8, 4) is 0 Å². The summed E-state index contributed by atoms with van der Waals surface area (Å²) in [5, 5.41) is 3.18. The highest BCUT2D eigenvalue weighted by molar-refractivity contribution is 7.09. The van der Waals surface area contributed by atoms with Crippen LogP contribution in [-0.4, -0.2) is 35.9 Å². The highest BCUT2D eigenvalue weighted by Crippen LogP contribution is 2.47. The van der Waals surface area contributed by atoms with Crippen LogP contribution in [0.15, 0.2) is 35.8 Å². The summed E-state index contributed by atoms with van der Waals surface area (Å²) >= 11 is 1.70. The summed E-state index contributed by atoms with van der Waals surface area (Å²) in [4.78, 5) is 21.5. The molecule has 0 atom stereocenters. The van der Waals surface area contributed by atoms with E-state index in [1.54, 1.807) is 11.3 Å². The summed E-state index contributed by atoms with van der Waals surface area (Å²) < 4.78 is 0.